The van der Waals surface area contributed by atoms with Crippen LogP contribution in [-0.2, 0) is 11.2 Å². The maximum atomic E-state index is 10.6. The first kappa shape index (κ1) is 12.7. The number of rotatable bonds is 4. The monoisotopic (exact) mass is 258 g/mol. The van der Waals surface area contributed by atoms with Crippen molar-refractivity contribution in [1.29, 1.82) is 0 Å². The molecule has 2 rings (SSSR count). The van der Waals surface area contributed by atoms with Crippen LogP contribution in [0, 0.1) is 6.92 Å². The molecule has 1 N–H and O–H groups in total. The van der Waals surface area contributed by atoms with Crippen LogP contribution in [-0.4, -0.2) is 11.1 Å². The predicted molar refractivity (Wildman–Crippen MR) is 73.1 cm³/mol. The lowest BCUT2D eigenvalue weighted by Crippen LogP contribution is -1.99. The molecule has 0 aliphatic rings. The molecule has 0 aliphatic carbocycles. The number of benzene rings is 2. The lowest BCUT2D eigenvalue weighted by atomic mass is 10.2. The van der Waals surface area contributed by atoms with E-state index in [1.807, 2.05) is 36.4 Å². The lowest BCUT2D eigenvalue weighted by molar-refractivity contribution is -0.136. The molecule has 2 aromatic carbocycles. The van der Waals surface area contributed by atoms with E-state index in [-0.39, 0.29) is 6.42 Å². The van der Waals surface area contributed by atoms with Crippen molar-refractivity contribution in [2.75, 3.05) is 0 Å². The molecule has 0 amide bonds. The van der Waals surface area contributed by atoms with E-state index in [0.29, 0.717) is 0 Å². The van der Waals surface area contributed by atoms with E-state index >= 15 is 0 Å². The zero-order valence-corrected chi connectivity index (χ0v) is 10.9. The van der Waals surface area contributed by atoms with E-state index in [1.165, 1.54) is 10.5 Å². The average Bonchev–Trinajstić information content (AvgIpc) is 2.34. The molecule has 0 aliphatic heterocycles. The standard InChI is InChI=1S/C15H14O2S/c1-11-4-2-3-5-14(11)18-13-8-6-12(7-9-13)10-15(16)17/h2-9H,10H2,1H3,(H,16,17). The fourth-order valence-electron chi connectivity index (χ4n) is 1.65. The van der Waals surface area contributed by atoms with Gasteiger partial charge in [0.2, 0.25) is 0 Å². The Morgan fingerprint density at radius 1 is 1.11 bits per heavy atom. The number of aliphatic carboxylic acids is 1. The number of carbonyl (C=O) groups is 1. The average molecular weight is 258 g/mol. The molecule has 0 atom stereocenters. The second kappa shape index (κ2) is 5.74. The van der Waals surface area contributed by atoms with Crippen molar-refractivity contribution in [2.24, 2.45) is 0 Å². The van der Waals surface area contributed by atoms with Crippen LogP contribution in [0.3, 0.4) is 0 Å². The SMILES string of the molecule is Cc1ccccc1Sc1ccc(CC(=O)O)cc1. The summed E-state index contributed by atoms with van der Waals surface area (Å²) in [4.78, 5) is 12.9. The van der Waals surface area contributed by atoms with Gasteiger partial charge in [0, 0.05) is 9.79 Å². The third-order valence-electron chi connectivity index (χ3n) is 2.60. The van der Waals surface area contributed by atoms with Crippen LogP contribution in [0.25, 0.3) is 0 Å². The molecule has 0 radical (unpaired) electrons. The fourth-order valence-corrected chi connectivity index (χ4v) is 2.55. The number of carboxylic acid groups (broad SMARTS) is 1. The van der Waals surface area contributed by atoms with Gasteiger partial charge in [0.05, 0.1) is 6.42 Å². The molecule has 2 nitrogen and oxygen atoms in total. The summed E-state index contributed by atoms with van der Waals surface area (Å²) in [6.45, 7) is 2.08. The molecule has 0 heterocycles. The van der Waals surface area contributed by atoms with Gasteiger partial charge in [-0.15, -0.1) is 0 Å². The topological polar surface area (TPSA) is 37.3 Å². The van der Waals surface area contributed by atoms with Gasteiger partial charge in [-0.25, -0.2) is 0 Å². The van der Waals surface area contributed by atoms with E-state index in [0.717, 1.165) is 10.5 Å². The van der Waals surface area contributed by atoms with Crippen LogP contribution in [0.4, 0.5) is 0 Å². The summed E-state index contributed by atoms with van der Waals surface area (Å²) in [6.07, 6.45) is 0.0787. The second-order valence-electron chi connectivity index (χ2n) is 4.08. The van der Waals surface area contributed by atoms with E-state index < -0.39 is 5.97 Å². The number of hydrogen-bond donors (Lipinski definition) is 1. The first-order valence-electron chi connectivity index (χ1n) is 5.69. The molecular formula is C15H14O2S. The van der Waals surface area contributed by atoms with Gasteiger partial charge in [0.25, 0.3) is 0 Å². The highest BCUT2D eigenvalue weighted by molar-refractivity contribution is 7.99. The quantitative estimate of drug-likeness (QED) is 0.907. The predicted octanol–water partition coefficient (Wildman–Crippen LogP) is 3.77. The van der Waals surface area contributed by atoms with E-state index in [1.54, 1.807) is 11.8 Å². The van der Waals surface area contributed by atoms with Gasteiger partial charge in [0.1, 0.15) is 0 Å². The van der Waals surface area contributed by atoms with Crippen molar-refractivity contribution in [1.82, 2.24) is 0 Å². The Kier molecular flexibility index (Phi) is 4.05. The largest absolute Gasteiger partial charge is 0.481 e. The van der Waals surface area contributed by atoms with Crippen LogP contribution in [0.1, 0.15) is 11.1 Å². The van der Waals surface area contributed by atoms with E-state index in [2.05, 4.69) is 19.1 Å². The van der Waals surface area contributed by atoms with Crippen molar-refractivity contribution >= 4 is 17.7 Å². The molecule has 0 saturated heterocycles. The summed E-state index contributed by atoms with van der Waals surface area (Å²) in [5.41, 5.74) is 2.08. The minimum atomic E-state index is -0.797. The van der Waals surface area contributed by atoms with Crippen LogP contribution in [0.15, 0.2) is 58.3 Å². The Morgan fingerprint density at radius 3 is 2.39 bits per heavy atom. The Bertz CT molecular complexity index is 547. The van der Waals surface area contributed by atoms with Gasteiger partial charge in [-0.3, -0.25) is 4.79 Å². The molecule has 0 fully saturated rings. The summed E-state index contributed by atoms with van der Waals surface area (Å²) in [7, 11) is 0. The zero-order chi connectivity index (χ0) is 13.0. The Balaban J connectivity index is 2.11. The van der Waals surface area contributed by atoms with Crippen LogP contribution in [0.2, 0.25) is 0 Å². The summed E-state index contributed by atoms with van der Waals surface area (Å²) >= 11 is 1.69. The summed E-state index contributed by atoms with van der Waals surface area (Å²) in [6, 6.07) is 15.9. The third kappa shape index (κ3) is 3.37. The molecule has 2 aromatic rings. The minimum absolute atomic E-state index is 0.0787. The molecule has 92 valence electrons. The fraction of sp³-hybridized carbons (Fsp3) is 0.133. The third-order valence-corrected chi connectivity index (χ3v) is 3.79. The highest BCUT2D eigenvalue weighted by atomic mass is 32.2. The number of hydrogen-bond acceptors (Lipinski definition) is 2. The molecule has 0 saturated carbocycles. The first-order chi connectivity index (χ1) is 8.65. The molecule has 18 heavy (non-hydrogen) atoms. The van der Waals surface area contributed by atoms with Gasteiger partial charge in [-0.1, -0.05) is 42.1 Å². The molecule has 0 unspecified atom stereocenters. The summed E-state index contributed by atoms with van der Waals surface area (Å²) in [5, 5.41) is 8.70. The maximum absolute atomic E-state index is 10.6. The van der Waals surface area contributed by atoms with Gasteiger partial charge < -0.3 is 5.11 Å². The first-order valence-corrected chi connectivity index (χ1v) is 6.51. The lowest BCUT2D eigenvalue weighted by Gasteiger charge is -2.05. The van der Waals surface area contributed by atoms with Crippen LogP contribution < -0.4 is 0 Å². The van der Waals surface area contributed by atoms with Crippen LogP contribution >= 0.6 is 11.8 Å². The Hall–Kier alpha value is -1.74. The van der Waals surface area contributed by atoms with Gasteiger partial charge in [0.15, 0.2) is 0 Å². The van der Waals surface area contributed by atoms with Gasteiger partial charge >= 0.3 is 5.97 Å². The van der Waals surface area contributed by atoms with E-state index in [9.17, 15) is 4.79 Å². The van der Waals surface area contributed by atoms with Gasteiger partial charge in [-0.2, -0.15) is 0 Å². The van der Waals surface area contributed by atoms with Crippen molar-refractivity contribution in [3.63, 3.8) is 0 Å². The van der Waals surface area contributed by atoms with Crippen LogP contribution in [0.5, 0.6) is 0 Å². The second-order valence-corrected chi connectivity index (χ2v) is 5.20. The Labute approximate surface area is 111 Å². The van der Waals surface area contributed by atoms with Crippen molar-refractivity contribution in [3.05, 3.63) is 59.7 Å². The highest BCUT2D eigenvalue weighted by Gasteiger charge is 2.02. The minimum Gasteiger partial charge on any atom is -0.481 e. The van der Waals surface area contributed by atoms with E-state index in [4.69, 9.17) is 5.11 Å². The maximum Gasteiger partial charge on any atom is 0.307 e. The normalized spacial score (nSPS) is 10.3. The molecule has 3 heteroatoms. The zero-order valence-electron chi connectivity index (χ0n) is 10.1. The van der Waals surface area contributed by atoms with Crippen molar-refractivity contribution in [3.8, 4) is 0 Å². The smallest absolute Gasteiger partial charge is 0.307 e. The number of aryl methyl sites for hydroxylation is 1. The Morgan fingerprint density at radius 2 is 1.78 bits per heavy atom. The van der Waals surface area contributed by atoms with Crippen molar-refractivity contribution in [2.45, 2.75) is 23.1 Å². The van der Waals surface area contributed by atoms with Crippen molar-refractivity contribution < 1.29 is 9.90 Å². The number of carboxylic acids is 1. The summed E-state index contributed by atoms with van der Waals surface area (Å²) < 4.78 is 0. The molecule has 0 aromatic heterocycles. The molecule has 0 spiro atoms. The molecule has 0 bridgehead atoms. The van der Waals surface area contributed by atoms with Gasteiger partial charge in [-0.05, 0) is 36.2 Å². The molecular weight excluding hydrogens is 244 g/mol. The highest BCUT2D eigenvalue weighted by Crippen LogP contribution is 2.30. The summed E-state index contributed by atoms with van der Waals surface area (Å²) in [5.74, 6) is -0.797.